The largest absolute Gasteiger partial charge is 0.382 e. The Bertz CT molecular complexity index is 562. The van der Waals surface area contributed by atoms with Crippen LogP contribution in [0.4, 0.5) is 0 Å². The Morgan fingerprint density at radius 2 is 1.89 bits per heavy atom. The fourth-order valence-electron chi connectivity index (χ4n) is 2.25. The van der Waals surface area contributed by atoms with Crippen molar-refractivity contribution in [3.05, 3.63) is 35.4 Å². The van der Waals surface area contributed by atoms with E-state index >= 15 is 0 Å². The monoisotopic (exact) mass is 490 g/mol. The molecule has 154 valence electrons. The number of hydrogen-bond donors (Lipinski definition) is 2. The number of carbonyl (C=O) groups excluding carboxylic acids is 1. The van der Waals surface area contributed by atoms with Crippen LogP contribution >= 0.6 is 24.0 Å². The highest BCUT2D eigenvalue weighted by Gasteiger charge is 2.08. The molecule has 1 aromatic rings. The van der Waals surface area contributed by atoms with Gasteiger partial charge in [-0.2, -0.15) is 0 Å². The van der Waals surface area contributed by atoms with E-state index in [0.29, 0.717) is 18.5 Å². The minimum absolute atomic E-state index is 0. The van der Waals surface area contributed by atoms with Crippen LogP contribution in [0.3, 0.4) is 0 Å². The quantitative estimate of drug-likeness (QED) is 0.229. The lowest BCUT2D eigenvalue weighted by atomic mass is 10.0. The summed E-state index contributed by atoms with van der Waals surface area (Å²) in [6, 6.07) is 8.57. The van der Waals surface area contributed by atoms with E-state index < -0.39 is 0 Å². The maximum Gasteiger partial charge on any atom is 0.243 e. The molecule has 7 heteroatoms. The molecule has 1 rings (SSSR count). The number of halogens is 1. The molecule has 27 heavy (non-hydrogen) atoms. The number of hydrogen-bond acceptors (Lipinski definition) is 3. The molecule has 1 aromatic carbocycles. The van der Waals surface area contributed by atoms with E-state index in [1.165, 1.54) is 11.1 Å². The zero-order chi connectivity index (χ0) is 19.4. The fourth-order valence-corrected chi connectivity index (χ4v) is 2.25. The Morgan fingerprint density at radius 3 is 2.48 bits per heavy atom. The predicted molar refractivity (Wildman–Crippen MR) is 123 cm³/mol. The Kier molecular flexibility index (Phi) is 13.9. The van der Waals surface area contributed by atoms with Gasteiger partial charge < -0.3 is 20.3 Å². The molecule has 0 aliphatic rings. The normalized spacial score (nSPS) is 12.1. The third kappa shape index (κ3) is 11.2. The van der Waals surface area contributed by atoms with Crippen molar-refractivity contribution in [1.29, 1.82) is 0 Å². The van der Waals surface area contributed by atoms with E-state index in [2.05, 4.69) is 53.7 Å². The summed E-state index contributed by atoms with van der Waals surface area (Å²) in [7, 11) is 3.47. The molecule has 0 heterocycles. The Labute approximate surface area is 181 Å². The van der Waals surface area contributed by atoms with Gasteiger partial charge in [0, 0.05) is 40.4 Å². The summed E-state index contributed by atoms with van der Waals surface area (Å²) in [5.74, 6) is 0.984. The van der Waals surface area contributed by atoms with Crippen molar-refractivity contribution in [2.45, 2.75) is 33.1 Å². The highest BCUT2D eigenvalue weighted by Crippen LogP contribution is 2.14. The van der Waals surface area contributed by atoms with Crippen molar-refractivity contribution in [2.75, 3.05) is 46.9 Å². The van der Waals surface area contributed by atoms with Gasteiger partial charge in [0.15, 0.2) is 5.96 Å². The van der Waals surface area contributed by atoms with E-state index in [1.807, 2.05) is 6.92 Å². The van der Waals surface area contributed by atoms with Crippen LogP contribution in [0.1, 0.15) is 37.3 Å². The van der Waals surface area contributed by atoms with E-state index in [0.717, 1.165) is 26.1 Å². The molecule has 0 spiro atoms. The molecule has 0 radical (unpaired) electrons. The van der Waals surface area contributed by atoms with Crippen molar-refractivity contribution in [1.82, 2.24) is 15.5 Å². The van der Waals surface area contributed by atoms with Crippen LogP contribution in [0, 0.1) is 6.92 Å². The Hall–Kier alpha value is -1.35. The first kappa shape index (κ1) is 25.6. The smallest absolute Gasteiger partial charge is 0.243 e. The maximum atomic E-state index is 11.8. The van der Waals surface area contributed by atoms with Gasteiger partial charge in [0.05, 0.1) is 0 Å². The van der Waals surface area contributed by atoms with Crippen LogP contribution < -0.4 is 10.6 Å². The van der Waals surface area contributed by atoms with Gasteiger partial charge in [-0.25, -0.2) is 4.99 Å². The number of aliphatic imine (C=N–C) groups is 1. The van der Waals surface area contributed by atoms with Crippen molar-refractivity contribution in [3.8, 4) is 0 Å². The second-order valence-corrected chi connectivity index (χ2v) is 6.62. The average Bonchev–Trinajstić information content (AvgIpc) is 2.63. The first-order chi connectivity index (χ1) is 12.4. The molecule has 0 aliphatic carbocycles. The number of nitrogens with zero attached hydrogens (tertiary/aromatic N) is 2. The first-order valence-electron chi connectivity index (χ1n) is 9.30. The Morgan fingerprint density at radius 1 is 1.22 bits per heavy atom. The molecule has 1 amide bonds. The topological polar surface area (TPSA) is 66.0 Å². The molecule has 1 unspecified atom stereocenters. The van der Waals surface area contributed by atoms with E-state index in [-0.39, 0.29) is 36.4 Å². The van der Waals surface area contributed by atoms with E-state index in [9.17, 15) is 4.79 Å². The lowest BCUT2D eigenvalue weighted by Crippen LogP contribution is -2.40. The lowest BCUT2D eigenvalue weighted by molar-refractivity contribution is -0.127. The summed E-state index contributed by atoms with van der Waals surface area (Å²) >= 11 is 0. The van der Waals surface area contributed by atoms with Crippen LogP contribution in [0.25, 0.3) is 0 Å². The highest BCUT2D eigenvalue weighted by atomic mass is 127. The minimum atomic E-state index is -0.0213. The van der Waals surface area contributed by atoms with E-state index in [4.69, 9.17) is 4.74 Å². The number of benzene rings is 1. The number of aryl methyl sites for hydroxylation is 1. The maximum absolute atomic E-state index is 11.8. The van der Waals surface area contributed by atoms with E-state index in [1.54, 1.807) is 19.0 Å². The number of carbonyl (C=O) groups is 1. The number of guanidine groups is 1. The molecule has 1 atom stereocenters. The molecular weight excluding hydrogens is 455 g/mol. The van der Waals surface area contributed by atoms with Gasteiger partial charge in [-0.3, -0.25) is 4.79 Å². The molecular formula is C20H35IN4O2. The summed E-state index contributed by atoms with van der Waals surface area (Å²) in [5, 5.41) is 6.62. The van der Waals surface area contributed by atoms with Crippen LogP contribution in [-0.2, 0) is 9.53 Å². The SMILES string of the molecule is CCOCCCNC(=NCC(=O)N(C)C)NCC(C)c1ccc(C)cc1.I. The summed E-state index contributed by atoms with van der Waals surface area (Å²) in [5.41, 5.74) is 2.54. The Balaban J connectivity index is 0.00000676. The summed E-state index contributed by atoms with van der Waals surface area (Å²) in [6.07, 6.45) is 0.893. The van der Waals surface area contributed by atoms with Gasteiger partial charge in [0.2, 0.25) is 5.91 Å². The second-order valence-electron chi connectivity index (χ2n) is 6.62. The van der Waals surface area contributed by atoms with Crippen LogP contribution in [0.15, 0.2) is 29.3 Å². The first-order valence-corrected chi connectivity index (χ1v) is 9.30. The van der Waals surface area contributed by atoms with Gasteiger partial charge >= 0.3 is 0 Å². The van der Waals surface area contributed by atoms with Crippen molar-refractivity contribution >= 4 is 35.8 Å². The third-order valence-corrected chi connectivity index (χ3v) is 4.06. The fraction of sp³-hybridized carbons (Fsp3) is 0.600. The molecule has 0 aliphatic heterocycles. The molecule has 0 aromatic heterocycles. The summed E-state index contributed by atoms with van der Waals surface area (Å²) in [4.78, 5) is 17.7. The second kappa shape index (κ2) is 14.7. The predicted octanol–water partition coefficient (Wildman–Crippen LogP) is 2.77. The van der Waals surface area contributed by atoms with Crippen molar-refractivity contribution in [3.63, 3.8) is 0 Å². The number of nitrogens with one attached hydrogen (secondary N) is 2. The zero-order valence-electron chi connectivity index (χ0n) is 17.2. The summed E-state index contributed by atoms with van der Waals surface area (Å²) < 4.78 is 5.35. The number of rotatable bonds is 10. The van der Waals surface area contributed by atoms with Crippen LogP contribution in [-0.4, -0.2) is 63.7 Å². The average molecular weight is 490 g/mol. The zero-order valence-corrected chi connectivity index (χ0v) is 19.6. The lowest BCUT2D eigenvalue weighted by Gasteiger charge is -2.17. The summed E-state index contributed by atoms with van der Waals surface area (Å²) in [6.45, 7) is 9.32. The number of ether oxygens (including phenoxy) is 1. The van der Waals surface area contributed by atoms with Gasteiger partial charge in [0.25, 0.3) is 0 Å². The molecule has 6 nitrogen and oxygen atoms in total. The van der Waals surface area contributed by atoms with Crippen molar-refractivity contribution < 1.29 is 9.53 Å². The van der Waals surface area contributed by atoms with Gasteiger partial charge in [-0.1, -0.05) is 36.8 Å². The van der Waals surface area contributed by atoms with Crippen LogP contribution in [0.2, 0.25) is 0 Å². The molecule has 0 saturated heterocycles. The highest BCUT2D eigenvalue weighted by molar-refractivity contribution is 14.0. The minimum Gasteiger partial charge on any atom is -0.382 e. The van der Waals surface area contributed by atoms with Gasteiger partial charge in [-0.05, 0) is 31.7 Å². The number of amides is 1. The third-order valence-electron chi connectivity index (χ3n) is 4.06. The van der Waals surface area contributed by atoms with Gasteiger partial charge in [0.1, 0.15) is 6.54 Å². The molecule has 0 fully saturated rings. The standard InChI is InChI=1S/C20H34N4O2.HI/c1-6-26-13-7-12-21-20(23-15-19(25)24(4)5)22-14-17(3)18-10-8-16(2)9-11-18;/h8-11,17H,6-7,12-15H2,1-5H3,(H2,21,22,23);1H. The van der Waals surface area contributed by atoms with Crippen LogP contribution in [0.5, 0.6) is 0 Å². The molecule has 0 saturated carbocycles. The van der Waals surface area contributed by atoms with Gasteiger partial charge in [-0.15, -0.1) is 24.0 Å². The molecule has 0 bridgehead atoms. The number of likely N-dealkylation sites (N-methyl/N-ethyl adjacent to an activating group) is 1. The molecule has 2 N–H and O–H groups in total. The van der Waals surface area contributed by atoms with Crippen molar-refractivity contribution in [2.24, 2.45) is 4.99 Å².